The van der Waals surface area contributed by atoms with Crippen molar-refractivity contribution in [1.82, 2.24) is 5.32 Å². The fourth-order valence-corrected chi connectivity index (χ4v) is 1.72. The number of rotatable bonds is 6. The number of carbonyl (C=O) groups is 1. The van der Waals surface area contributed by atoms with Crippen LogP contribution in [0.1, 0.15) is 25.5 Å². The summed E-state index contributed by atoms with van der Waals surface area (Å²) in [6.45, 7) is 4.02. The SMILES string of the molecule is COc1ccc(OC)c(C(C)NC(=O)C(C)CN)c1.Cl. The van der Waals surface area contributed by atoms with E-state index < -0.39 is 0 Å². The predicted molar refractivity (Wildman–Crippen MR) is 81.6 cm³/mol. The Balaban J connectivity index is 0.00000361. The first-order valence-corrected chi connectivity index (χ1v) is 6.25. The molecule has 20 heavy (non-hydrogen) atoms. The zero-order valence-corrected chi connectivity index (χ0v) is 13.1. The molecule has 5 nitrogen and oxygen atoms in total. The number of ether oxygens (including phenoxy) is 2. The van der Waals surface area contributed by atoms with Gasteiger partial charge in [0.2, 0.25) is 5.91 Å². The van der Waals surface area contributed by atoms with Gasteiger partial charge in [-0.25, -0.2) is 0 Å². The Bertz CT molecular complexity index is 440. The topological polar surface area (TPSA) is 73.6 Å². The summed E-state index contributed by atoms with van der Waals surface area (Å²) >= 11 is 0. The summed E-state index contributed by atoms with van der Waals surface area (Å²) in [7, 11) is 3.20. The van der Waals surface area contributed by atoms with Crippen LogP contribution < -0.4 is 20.5 Å². The normalized spacial score (nSPS) is 12.8. The molecule has 0 aliphatic rings. The molecule has 1 rings (SSSR count). The molecule has 2 unspecified atom stereocenters. The lowest BCUT2D eigenvalue weighted by Crippen LogP contribution is -2.35. The molecule has 1 aromatic rings. The number of hydrogen-bond donors (Lipinski definition) is 2. The summed E-state index contributed by atoms with van der Waals surface area (Å²) in [5.74, 6) is 1.16. The fourth-order valence-electron chi connectivity index (χ4n) is 1.72. The zero-order valence-electron chi connectivity index (χ0n) is 12.3. The number of amides is 1. The van der Waals surface area contributed by atoms with Gasteiger partial charge < -0.3 is 20.5 Å². The van der Waals surface area contributed by atoms with Crippen LogP contribution in [0.2, 0.25) is 0 Å². The standard InChI is InChI=1S/C14H22N2O3.ClH/c1-9(8-15)14(17)16-10(2)12-7-11(18-3)5-6-13(12)19-4;/h5-7,9-10H,8,15H2,1-4H3,(H,16,17);1H. The van der Waals surface area contributed by atoms with Crippen molar-refractivity contribution in [2.45, 2.75) is 19.9 Å². The molecular weight excluding hydrogens is 280 g/mol. The summed E-state index contributed by atoms with van der Waals surface area (Å²) in [5.41, 5.74) is 6.36. The van der Waals surface area contributed by atoms with Gasteiger partial charge >= 0.3 is 0 Å². The molecule has 0 heterocycles. The molecule has 114 valence electrons. The van der Waals surface area contributed by atoms with E-state index in [1.807, 2.05) is 25.1 Å². The lowest BCUT2D eigenvalue weighted by Gasteiger charge is -2.20. The summed E-state index contributed by atoms with van der Waals surface area (Å²) < 4.78 is 10.5. The van der Waals surface area contributed by atoms with Crippen molar-refractivity contribution in [2.75, 3.05) is 20.8 Å². The molecule has 1 aromatic carbocycles. The fraction of sp³-hybridized carbons (Fsp3) is 0.500. The molecule has 0 spiro atoms. The third-order valence-corrected chi connectivity index (χ3v) is 3.06. The van der Waals surface area contributed by atoms with E-state index in [0.29, 0.717) is 12.3 Å². The summed E-state index contributed by atoms with van der Waals surface area (Å²) in [6, 6.07) is 5.32. The average molecular weight is 303 g/mol. The number of methoxy groups -OCH3 is 2. The molecule has 0 aliphatic heterocycles. The molecule has 0 radical (unpaired) electrons. The van der Waals surface area contributed by atoms with Gasteiger partial charge in [0.05, 0.1) is 20.3 Å². The van der Waals surface area contributed by atoms with E-state index in [-0.39, 0.29) is 30.3 Å². The Morgan fingerprint density at radius 3 is 2.45 bits per heavy atom. The van der Waals surface area contributed by atoms with Gasteiger partial charge in [0.25, 0.3) is 0 Å². The van der Waals surface area contributed by atoms with Gasteiger partial charge in [0, 0.05) is 18.0 Å². The van der Waals surface area contributed by atoms with Crippen molar-refractivity contribution in [3.05, 3.63) is 23.8 Å². The third kappa shape index (κ3) is 4.58. The van der Waals surface area contributed by atoms with E-state index >= 15 is 0 Å². The molecule has 0 saturated carbocycles. The lowest BCUT2D eigenvalue weighted by molar-refractivity contribution is -0.124. The quantitative estimate of drug-likeness (QED) is 0.842. The van der Waals surface area contributed by atoms with E-state index in [4.69, 9.17) is 15.2 Å². The predicted octanol–water partition coefficient (Wildman–Crippen LogP) is 1.90. The minimum Gasteiger partial charge on any atom is -0.497 e. The number of benzene rings is 1. The van der Waals surface area contributed by atoms with Gasteiger partial charge in [-0.05, 0) is 25.1 Å². The molecule has 2 atom stereocenters. The Kier molecular flexibility index (Phi) is 8.03. The number of halogens is 1. The van der Waals surface area contributed by atoms with Crippen molar-refractivity contribution in [3.63, 3.8) is 0 Å². The molecule has 6 heteroatoms. The van der Waals surface area contributed by atoms with Crippen molar-refractivity contribution in [2.24, 2.45) is 11.7 Å². The Morgan fingerprint density at radius 2 is 1.95 bits per heavy atom. The highest BCUT2D eigenvalue weighted by Gasteiger charge is 2.18. The van der Waals surface area contributed by atoms with Gasteiger partial charge in [0.15, 0.2) is 0 Å². The first-order chi connectivity index (χ1) is 9.03. The molecule has 0 fully saturated rings. The molecule has 0 bridgehead atoms. The Labute approximate surface area is 126 Å². The largest absolute Gasteiger partial charge is 0.497 e. The molecular formula is C14H23ClN2O3. The Morgan fingerprint density at radius 1 is 1.30 bits per heavy atom. The second-order valence-corrected chi connectivity index (χ2v) is 4.47. The number of nitrogens with two attached hydrogens (primary N) is 1. The van der Waals surface area contributed by atoms with Crippen LogP contribution in [0.25, 0.3) is 0 Å². The molecule has 1 amide bonds. The maximum Gasteiger partial charge on any atom is 0.224 e. The molecule has 0 saturated heterocycles. The molecule has 0 aromatic heterocycles. The second-order valence-electron chi connectivity index (χ2n) is 4.47. The minimum atomic E-state index is -0.209. The number of hydrogen-bond acceptors (Lipinski definition) is 4. The van der Waals surface area contributed by atoms with E-state index in [2.05, 4.69) is 5.32 Å². The second kappa shape index (κ2) is 8.66. The van der Waals surface area contributed by atoms with Gasteiger partial charge in [0.1, 0.15) is 11.5 Å². The van der Waals surface area contributed by atoms with Crippen LogP contribution in [-0.4, -0.2) is 26.7 Å². The van der Waals surface area contributed by atoms with Crippen LogP contribution >= 0.6 is 12.4 Å². The minimum absolute atomic E-state index is 0. The maximum atomic E-state index is 11.8. The van der Waals surface area contributed by atoms with Gasteiger partial charge in [-0.1, -0.05) is 6.92 Å². The van der Waals surface area contributed by atoms with Gasteiger partial charge in [-0.15, -0.1) is 12.4 Å². The number of nitrogens with one attached hydrogen (secondary N) is 1. The average Bonchev–Trinajstić information content (AvgIpc) is 2.45. The smallest absolute Gasteiger partial charge is 0.224 e. The van der Waals surface area contributed by atoms with Gasteiger partial charge in [-0.2, -0.15) is 0 Å². The molecule has 3 N–H and O–H groups in total. The van der Waals surface area contributed by atoms with E-state index in [9.17, 15) is 4.79 Å². The Hall–Kier alpha value is -1.46. The van der Waals surface area contributed by atoms with Crippen LogP contribution in [0.5, 0.6) is 11.5 Å². The van der Waals surface area contributed by atoms with Crippen LogP contribution in [-0.2, 0) is 4.79 Å². The van der Waals surface area contributed by atoms with Crippen LogP contribution in [0.3, 0.4) is 0 Å². The third-order valence-electron chi connectivity index (χ3n) is 3.06. The summed E-state index contributed by atoms with van der Waals surface area (Å²) in [5, 5.41) is 2.92. The lowest BCUT2D eigenvalue weighted by atomic mass is 10.1. The first-order valence-electron chi connectivity index (χ1n) is 6.25. The number of carbonyl (C=O) groups excluding carboxylic acids is 1. The summed E-state index contributed by atoms with van der Waals surface area (Å²) in [4.78, 5) is 11.8. The van der Waals surface area contributed by atoms with Crippen LogP contribution in [0.15, 0.2) is 18.2 Å². The van der Waals surface area contributed by atoms with Crippen molar-refractivity contribution >= 4 is 18.3 Å². The highest BCUT2D eigenvalue weighted by molar-refractivity contribution is 5.85. The first kappa shape index (κ1) is 18.5. The zero-order chi connectivity index (χ0) is 14.4. The van der Waals surface area contributed by atoms with E-state index in [1.165, 1.54) is 0 Å². The van der Waals surface area contributed by atoms with Crippen molar-refractivity contribution < 1.29 is 14.3 Å². The van der Waals surface area contributed by atoms with Gasteiger partial charge in [-0.3, -0.25) is 4.79 Å². The van der Waals surface area contributed by atoms with Crippen LogP contribution in [0.4, 0.5) is 0 Å². The summed E-state index contributed by atoms with van der Waals surface area (Å²) in [6.07, 6.45) is 0. The van der Waals surface area contributed by atoms with Crippen LogP contribution in [0, 0.1) is 5.92 Å². The van der Waals surface area contributed by atoms with Crippen molar-refractivity contribution in [3.8, 4) is 11.5 Å². The highest BCUT2D eigenvalue weighted by atomic mass is 35.5. The highest BCUT2D eigenvalue weighted by Crippen LogP contribution is 2.29. The van der Waals surface area contributed by atoms with E-state index in [1.54, 1.807) is 21.1 Å². The maximum absolute atomic E-state index is 11.8. The monoisotopic (exact) mass is 302 g/mol. The van der Waals surface area contributed by atoms with Crippen molar-refractivity contribution in [1.29, 1.82) is 0 Å². The van der Waals surface area contributed by atoms with E-state index in [0.717, 1.165) is 11.3 Å². The molecule has 0 aliphatic carbocycles.